The van der Waals surface area contributed by atoms with E-state index in [-0.39, 0.29) is 17.8 Å². The maximum atomic E-state index is 13.7. The minimum Gasteiger partial charge on any atom is -0.478 e. The number of aryl methyl sites for hydroxylation is 2. The lowest BCUT2D eigenvalue weighted by Crippen LogP contribution is -2.45. The topological polar surface area (TPSA) is 127 Å². The van der Waals surface area contributed by atoms with Crippen LogP contribution in [0.15, 0.2) is 30.3 Å². The van der Waals surface area contributed by atoms with E-state index in [1.54, 1.807) is 12.1 Å². The summed E-state index contributed by atoms with van der Waals surface area (Å²) in [6, 6.07) is 9.60. The van der Waals surface area contributed by atoms with Gasteiger partial charge in [-0.05, 0) is 86.8 Å². The van der Waals surface area contributed by atoms with Crippen molar-refractivity contribution in [1.29, 1.82) is 0 Å². The van der Waals surface area contributed by atoms with Gasteiger partial charge in [0.2, 0.25) is 5.36 Å². The summed E-state index contributed by atoms with van der Waals surface area (Å²) in [7, 11) is 0. The predicted molar refractivity (Wildman–Crippen MR) is 209 cm³/mol. The Kier molecular flexibility index (Phi) is 11.2. The third-order valence-corrected chi connectivity index (χ3v) is 11.5. The van der Waals surface area contributed by atoms with E-state index in [0.29, 0.717) is 57.1 Å². The highest BCUT2D eigenvalue weighted by Gasteiger charge is 2.36. The average molecular weight is 751 g/mol. The minimum absolute atomic E-state index is 0.0560. The van der Waals surface area contributed by atoms with Crippen molar-refractivity contribution in [2.24, 2.45) is 0 Å². The molecule has 0 aliphatic carbocycles. The van der Waals surface area contributed by atoms with Crippen molar-refractivity contribution < 1.29 is 38.4 Å². The normalized spacial score (nSPS) is 16.3. The van der Waals surface area contributed by atoms with Gasteiger partial charge in [0, 0.05) is 84.2 Å². The molecule has 2 N–H and O–H groups in total. The van der Waals surface area contributed by atoms with Crippen LogP contribution in [0.4, 0.5) is 10.5 Å². The van der Waals surface area contributed by atoms with Gasteiger partial charge in [0.1, 0.15) is 24.6 Å². The van der Waals surface area contributed by atoms with E-state index in [4.69, 9.17) is 18.9 Å². The van der Waals surface area contributed by atoms with Crippen LogP contribution in [-0.2, 0) is 39.9 Å². The number of ketones is 1. The Morgan fingerprint density at radius 2 is 1.60 bits per heavy atom. The quantitative estimate of drug-likeness (QED) is 0.0987. The Labute approximate surface area is 321 Å². The molecule has 11 heteroatoms. The number of carboxylic acids is 1. The van der Waals surface area contributed by atoms with Crippen molar-refractivity contribution in [3.63, 3.8) is 0 Å². The first kappa shape index (κ1) is 37.2. The minimum atomic E-state index is -1.02. The molecule has 0 saturated heterocycles. The molecule has 55 heavy (non-hydrogen) atoms. The van der Waals surface area contributed by atoms with Crippen LogP contribution in [0.25, 0.3) is 5.57 Å². The molecule has 3 aromatic rings. The smallest absolute Gasteiger partial charge is 0.407 e. The summed E-state index contributed by atoms with van der Waals surface area (Å²) in [4.78, 5) is 40.8. The highest BCUT2D eigenvalue weighted by molar-refractivity contribution is 6.03. The number of carbonyl (C=O) groups is 3. The van der Waals surface area contributed by atoms with Gasteiger partial charge in [0.25, 0.3) is 0 Å². The zero-order valence-electron chi connectivity index (χ0n) is 31.9. The van der Waals surface area contributed by atoms with Gasteiger partial charge in [-0.1, -0.05) is 13.0 Å². The van der Waals surface area contributed by atoms with Crippen molar-refractivity contribution in [2.45, 2.75) is 77.6 Å². The number of fused-ring (bicyclic) bond motifs is 4. The number of amides is 1. The third kappa shape index (κ3) is 7.48. The number of aromatic carboxylic acids is 1. The molecule has 1 amide bonds. The first-order valence-corrected chi connectivity index (χ1v) is 20.3. The fraction of sp³-hybridized carbons (Fsp3) is 0.500. The Hall–Kier alpha value is -4.74. The van der Waals surface area contributed by atoms with Crippen molar-refractivity contribution in [2.75, 3.05) is 70.7 Å². The standard InChI is InChI=1S/C44H51N3O8/c1-2-20-54-44(51)45-15-22-53-24-23-52-21-7-12-37(48)28-13-14-31(43(49)50)34(25-28)38-35-26-29-8-3-16-46-18-5-10-32(39(29)46)41(35)55-42-33-11-6-19-47-17-4-9-30(40(33)47)27-36(38)42/h13-14,25-27H,2-12,15-24H2,1H3,(H-,45,49,50,51)/p+1. The summed E-state index contributed by atoms with van der Waals surface area (Å²) in [6.45, 7) is 8.34. The number of nitrogens with one attached hydrogen (secondary N) is 1. The number of anilines is 1. The predicted octanol–water partition coefficient (Wildman–Crippen LogP) is 4.95. The Morgan fingerprint density at radius 3 is 2.42 bits per heavy atom. The van der Waals surface area contributed by atoms with E-state index >= 15 is 0 Å². The van der Waals surface area contributed by atoms with E-state index in [0.717, 1.165) is 112 Å². The van der Waals surface area contributed by atoms with E-state index in [1.165, 1.54) is 33.3 Å². The van der Waals surface area contributed by atoms with Gasteiger partial charge in [-0.3, -0.25) is 4.79 Å². The molecule has 5 aliphatic heterocycles. The van der Waals surface area contributed by atoms with Gasteiger partial charge in [-0.2, -0.15) is 0 Å². The summed E-state index contributed by atoms with van der Waals surface area (Å²) in [5.74, 6) is 0.642. The zero-order valence-corrected chi connectivity index (χ0v) is 31.9. The number of rotatable bonds is 15. The van der Waals surface area contributed by atoms with Crippen molar-refractivity contribution in [3.8, 4) is 11.5 Å². The third-order valence-electron chi connectivity index (χ3n) is 11.5. The molecule has 0 radical (unpaired) electrons. The number of carboxylic acid groups (broad SMARTS) is 1. The van der Waals surface area contributed by atoms with Gasteiger partial charge in [-0.15, -0.1) is 0 Å². The molecule has 0 aromatic heterocycles. The van der Waals surface area contributed by atoms with Gasteiger partial charge in [0.15, 0.2) is 5.78 Å². The summed E-state index contributed by atoms with van der Waals surface area (Å²) >= 11 is 0. The van der Waals surface area contributed by atoms with Crippen LogP contribution in [0.3, 0.4) is 0 Å². The van der Waals surface area contributed by atoms with Gasteiger partial charge < -0.3 is 34.3 Å². The Morgan fingerprint density at radius 1 is 0.836 bits per heavy atom. The first-order chi connectivity index (χ1) is 26.9. The monoisotopic (exact) mass is 750 g/mol. The second-order valence-electron chi connectivity index (χ2n) is 15.2. The van der Waals surface area contributed by atoms with Crippen LogP contribution < -0.4 is 30.1 Å². The van der Waals surface area contributed by atoms with E-state index < -0.39 is 12.1 Å². The highest BCUT2D eigenvalue weighted by Crippen LogP contribution is 2.49. The fourth-order valence-electron chi connectivity index (χ4n) is 9.19. The van der Waals surface area contributed by atoms with E-state index in [2.05, 4.69) is 26.9 Å². The van der Waals surface area contributed by atoms with Gasteiger partial charge in [-0.25, -0.2) is 14.2 Å². The molecule has 0 saturated carbocycles. The molecule has 290 valence electrons. The fourth-order valence-corrected chi connectivity index (χ4v) is 9.19. The van der Waals surface area contributed by atoms with Crippen LogP contribution in [0.2, 0.25) is 0 Å². The largest absolute Gasteiger partial charge is 0.478 e. The van der Waals surface area contributed by atoms with Crippen LogP contribution in [-0.4, -0.2) is 88.7 Å². The molecule has 0 bridgehead atoms. The average Bonchev–Trinajstić information content (AvgIpc) is 3.20. The molecule has 5 heterocycles. The second-order valence-corrected chi connectivity index (χ2v) is 15.2. The second kappa shape index (κ2) is 16.5. The van der Waals surface area contributed by atoms with Crippen molar-refractivity contribution in [3.05, 3.63) is 85.4 Å². The lowest BCUT2D eigenvalue weighted by atomic mass is 9.81. The van der Waals surface area contributed by atoms with Gasteiger partial charge in [0.05, 0.1) is 37.6 Å². The number of nitrogens with zero attached hydrogens (tertiary/aromatic N) is 2. The van der Waals surface area contributed by atoms with Crippen molar-refractivity contribution >= 4 is 29.1 Å². The van der Waals surface area contributed by atoms with Crippen LogP contribution in [0.5, 0.6) is 11.5 Å². The number of hydrogen-bond acceptors (Lipinski definition) is 8. The maximum absolute atomic E-state index is 13.7. The first-order valence-electron chi connectivity index (χ1n) is 20.3. The molecule has 5 aliphatic rings. The Balaban J connectivity index is 1.08. The summed E-state index contributed by atoms with van der Waals surface area (Å²) in [6.07, 6.45) is 9.17. The SMILES string of the molecule is CCCOC(=O)NCCOCCOCCCC(=O)c1ccc(C(=O)O)c(C2=c3cc4c5c(c3Oc3c2cc2c6c3CCCN6CCC2)CCC[N+]=5CCC4)c1. The summed E-state index contributed by atoms with van der Waals surface area (Å²) < 4.78 is 25.9. The number of ether oxygens (including phenoxy) is 4. The van der Waals surface area contributed by atoms with Crippen LogP contribution >= 0.6 is 0 Å². The zero-order chi connectivity index (χ0) is 37.9. The molecule has 0 spiro atoms. The molecule has 11 nitrogen and oxygen atoms in total. The van der Waals surface area contributed by atoms with E-state index in [9.17, 15) is 19.5 Å². The number of carbonyl (C=O) groups excluding carboxylic acids is 2. The van der Waals surface area contributed by atoms with Crippen LogP contribution in [0, 0.1) is 0 Å². The van der Waals surface area contributed by atoms with Crippen LogP contribution in [0.1, 0.15) is 106 Å². The van der Waals surface area contributed by atoms with Crippen molar-refractivity contribution in [1.82, 2.24) is 9.89 Å². The summed E-state index contributed by atoms with van der Waals surface area (Å²) in [5, 5.41) is 15.5. The highest BCUT2D eigenvalue weighted by atomic mass is 16.5. The Bertz CT molecular complexity index is 2140. The lowest BCUT2D eigenvalue weighted by Gasteiger charge is -2.39. The lowest BCUT2D eigenvalue weighted by molar-refractivity contribution is 0.0466. The molecular weight excluding hydrogens is 698 g/mol. The maximum Gasteiger partial charge on any atom is 0.407 e. The molecule has 0 unspecified atom stereocenters. The van der Waals surface area contributed by atoms with Gasteiger partial charge >= 0.3 is 12.1 Å². The number of alkyl carbamates (subject to hydrolysis) is 1. The molecule has 8 rings (SSSR count). The summed E-state index contributed by atoms with van der Waals surface area (Å²) in [5.41, 5.74) is 9.42. The number of Topliss-reactive ketones (excluding diaryl/α,β-unsaturated/α-hetero) is 1. The molecule has 0 atom stereocenters. The molecule has 0 fully saturated rings. The van der Waals surface area contributed by atoms with E-state index in [1.807, 2.05) is 13.0 Å². The molecule has 3 aromatic carbocycles. The molecular formula is C44H52N3O8+. The number of hydrogen-bond donors (Lipinski definition) is 2. The number of benzene rings is 3.